The minimum Gasteiger partial charge on any atom is -0.297 e. The fourth-order valence-electron chi connectivity index (χ4n) is 3.18. The van der Waals surface area contributed by atoms with Crippen molar-refractivity contribution in [2.75, 3.05) is 14.1 Å². The molecule has 0 bridgehead atoms. The van der Waals surface area contributed by atoms with Gasteiger partial charge in [-0.1, -0.05) is 19.3 Å². The third-order valence-electron chi connectivity index (χ3n) is 4.34. The SMILES string of the molecule is CN(C)C1(C(=O)Cc2cc(F)cc(F)c2)CCCCC1. The summed E-state index contributed by atoms with van der Waals surface area (Å²) < 4.78 is 26.4. The van der Waals surface area contributed by atoms with Gasteiger partial charge in [0.1, 0.15) is 11.6 Å². The smallest absolute Gasteiger partial charge is 0.157 e. The molecule has 2 nitrogen and oxygen atoms in total. The predicted octanol–water partition coefficient (Wildman–Crippen LogP) is 3.34. The summed E-state index contributed by atoms with van der Waals surface area (Å²) in [6.07, 6.45) is 4.96. The van der Waals surface area contributed by atoms with Crippen LogP contribution in [0.1, 0.15) is 37.7 Å². The van der Waals surface area contributed by atoms with Crippen LogP contribution in [-0.2, 0) is 11.2 Å². The van der Waals surface area contributed by atoms with Crippen LogP contribution in [0.25, 0.3) is 0 Å². The Morgan fingerprint density at radius 1 is 1.10 bits per heavy atom. The number of rotatable bonds is 4. The molecule has 1 fully saturated rings. The van der Waals surface area contributed by atoms with Gasteiger partial charge in [0.15, 0.2) is 5.78 Å². The van der Waals surface area contributed by atoms with E-state index in [2.05, 4.69) is 0 Å². The van der Waals surface area contributed by atoms with Gasteiger partial charge in [-0.05, 0) is 44.6 Å². The Bertz CT molecular complexity index is 473. The summed E-state index contributed by atoms with van der Waals surface area (Å²) in [4.78, 5) is 14.6. The lowest BCUT2D eigenvalue weighted by Gasteiger charge is -2.41. The number of benzene rings is 1. The fourth-order valence-corrected chi connectivity index (χ4v) is 3.18. The Kier molecular flexibility index (Phi) is 4.53. The van der Waals surface area contributed by atoms with E-state index in [1.807, 2.05) is 19.0 Å². The minimum absolute atomic E-state index is 0.0622. The van der Waals surface area contributed by atoms with Gasteiger partial charge in [-0.15, -0.1) is 0 Å². The summed E-state index contributed by atoms with van der Waals surface area (Å²) in [5, 5.41) is 0. The van der Waals surface area contributed by atoms with Crippen molar-refractivity contribution in [3.05, 3.63) is 35.4 Å². The summed E-state index contributed by atoms with van der Waals surface area (Å²) in [6, 6.07) is 3.32. The van der Waals surface area contributed by atoms with Crippen molar-refractivity contribution in [3.63, 3.8) is 0 Å². The standard InChI is InChI=1S/C16H21F2NO/c1-19(2)16(6-4-3-5-7-16)15(20)10-12-8-13(17)11-14(18)9-12/h8-9,11H,3-7,10H2,1-2H3. The maximum Gasteiger partial charge on any atom is 0.157 e. The predicted molar refractivity (Wildman–Crippen MR) is 74.6 cm³/mol. The molecule has 110 valence electrons. The van der Waals surface area contributed by atoms with Crippen LogP contribution >= 0.6 is 0 Å². The number of halogens is 2. The number of nitrogens with zero attached hydrogens (tertiary/aromatic N) is 1. The second-order valence-corrected chi connectivity index (χ2v) is 5.86. The summed E-state index contributed by atoms with van der Waals surface area (Å²) in [7, 11) is 3.82. The molecule has 0 atom stereocenters. The zero-order chi connectivity index (χ0) is 14.8. The molecule has 2 rings (SSSR count). The molecule has 1 aromatic rings. The average Bonchev–Trinajstić information content (AvgIpc) is 2.38. The highest BCUT2D eigenvalue weighted by molar-refractivity contribution is 5.90. The van der Waals surface area contributed by atoms with Crippen LogP contribution in [0, 0.1) is 11.6 Å². The Morgan fingerprint density at radius 3 is 2.15 bits per heavy atom. The van der Waals surface area contributed by atoms with Gasteiger partial charge >= 0.3 is 0 Å². The summed E-state index contributed by atoms with van der Waals surface area (Å²) in [5.74, 6) is -1.20. The van der Waals surface area contributed by atoms with Crippen molar-refractivity contribution < 1.29 is 13.6 Å². The molecule has 0 N–H and O–H groups in total. The Hall–Kier alpha value is -1.29. The van der Waals surface area contributed by atoms with Gasteiger partial charge in [0.05, 0.1) is 5.54 Å². The van der Waals surface area contributed by atoms with E-state index in [-0.39, 0.29) is 12.2 Å². The lowest BCUT2D eigenvalue weighted by molar-refractivity contribution is -0.131. The molecule has 20 heavy (non-hydrogen) atoms. The Balaban J connectivity index is 2.20. The van der Waals surface area contributed by atoms with Crippen LogP contribution in [0.5, 0.6) is 0 Å². The molecule has 0 unspecified atom stereocenters. The van der Waals surface area contributed by atoms with E-state index in [1.165, 1.54) is 12.1 Å². The molecule has 0 aliphatic heterocycles. The number of carbonyl (C=O) groups excluding carboxylic acids is 1. The number of ketones is 1. The average molecular weight is 281 g/mol. The van der Waals surface area contributed by atoms with Gasteiger partial charge in [0.25, 0.3) is 0 Å². The Morgan fingerprint density at radius 2 is 1.65 bits per heavy atom. The van der Waals surface area contributed by atoms with Gasteiger partial charge in [-0.25, -0.2) is 8.78 Å². The normalized spacial score (nSPS) is 18.2. The van der Waals surface area contributed by atoms with Crippen molar-refractivity contribution in [1.29, 1.82) is 0 Å². The van der Waals surface area contributed by atoms with Crippen LogP contribution in [-0.4, -0.2) is 30.3 Å². The van der Waals surface area contributed by atoms with Crippen molar-refractivity contribution >= 4 is 5.78 Å². The summed E-state index contributed by atoms with van der Waals surface area (Å²) in [6.45, 7) is 0. The van der Waals surface area contributed by atoms with Gasteiger partial charge in [-0.3, -0.25) is 9.69 Å². The first-order valence-corrected chi connectivity index (χ1v) is 7.10. The van der Waals surface area contributed by atoms with E-state index in [0.717, 1.165) is 38.2 Å². The third kappa shape index (κ3) is 3.06. The second kappa shape index (κ2) is 6.00. The van der Waals surface area contributed by atoms with Crippen LogP contribution in [0.4, 0.5) is 8.78 Å². The van der Waals surface area contributed by atoms with E-state index in [9.17, 15) is 13.6 Å². The topological polar surface area (TPSA) is 20.3 Å². The second-order valence-electron chi connectivity index (χ2n) is 5.86. The van der Waals surface area contributed by atoms with Crippen LogP contribution in [0.2, 0.25) is 0 Å². The summed E-state index contributed by atoms with van der Waals surface area (Å²) >= 11 is 0. The molecule has 0 spiro atoms. The minimum atomic E-state index is -0.629. The van der Waals surface area contributed by atoms with Crippen LogP contribution < -0.4 is 0 Å². The first-order valence-electron chi connectivity index (χ1n) is 7.10. The van der Waals surface area contributed by atoms with E-state index >= 15 is 0 Å². The van der Waals surface area contributed by atoms with E-state index in [1.54, 1.807) is 0 Å². The maximum absolute atomic E-state index is 13.2. The van der Waals surface area contributed by atoms with Gasteiger partial charge in [0, 0.05) is 12.5 Å². The van der Waals surface area contributed by atoms with Crippen molar-refractivity contribution in [2.24, 2.45) is 0 Å². The number of Topliss-reactive ketones (excluding diaryl/α,β-unsaturated/α-hetero) is 1. The quantitative estimate of drug-likeness (QED) is 0.843. The monoisotopic (exact) mass is 281 g/mol. The molecule has 1 aromatic carbocycles. The number of hydrogen-bond donors (Lipinski definition) is 0. The fraction of sp³-hybridized carbons (Fsp3) is 0.562. The van der Waals surface area contributed by atoms with E-state index in [0.29, 0.717) is 5.56 Å². The zero-order valence-corrected chi connectivity index (χ0v) is 12.1. The molecule has 1 aliphatic carbocycles. The van der Waals surface area contributed by atoms with Crippen molar-refractivity contribution in [2.45, 2.75) is 44.1 Å². The maximum atomic E-state index is 13.2. The van der Waals surface area contributed by atoms with Crippen LogP contribution in [0.15, 0.2) is 18.2 Å². The molecular formula is C16H21F2NO. The van der Waals surface area contributed by atoms with Gasteiger partial charge in [-0.2, -0.15) is 0 Å². The highest BCUT2D eigenvalue weighted by Crippen LogP contribution is 2.34. The third-order valence-corrected chi connectivity index (χ3v) is 4.34. The first kappa shape index (κ1) is 15.1. The number of hydrogen-bond acceptors (Lipinski definition) is 2. The molecule has 0 radical (unpaired) electrons. The zero-order valence-electron chi connectivity index (χ0n) is 12.1. The summed E-state index contributed by atoms with van der Waals surface area (Å²) in [5.41, 5.74) is -0.0552. The van der Waals surface area contributed by atoms with Gasteiger partial charge < -0.3 is 0 Å². The Labute approximate surface area is 118 Å². The number of likely N-dealkylation sites (N-methyl/N-ethyl adjacent to an activating group) is 1. The highest BCUT2D eigenvalue weighted by atomic mass is 19.1. The van der Waals surface area contributed by atoms with Crippen LogP contribution in [0.3, 0.4) is 0 Å². The molecule has 0 saturated heterocycles. The van der Waals surface area contributed by atoms with Crippen molar-refractivity contribution in [3.8, 4) is 0 Å². The van der Waals surface area contributed by atoms with E-state index in [4.69, 9.17) is 0 Å². The van der Waals surface area contributed by atoms with Crippen molar-refractivity contribution in [1.82, 2.24) is 4.90 Å². The largest absolute Gasteiger partial charge is 0.297 e. The molecule has 0 amide bonds. The first-order chi connectivity index (χ1) is 9.44. The van der Waals surface area contributed by atoms with E-state index < -0.39 is 17.2 Å². The molecular weight excluding hydrogens is 260 g/mol. The lowest BCUT2D eigenvalue weighted by atomic mass is 9.76. The molecule has 0 aromatic heterocycles. The molecule has 4 heteroatoms. The molecule has 0 heterocycles. The highest BCUT2D eigenvalue weighted by Gasteiger charge is 2.40. The number of carbonyl (C=O) groups is 1. The molecule has 1 saturated carbocycles. The van der Waals surface area contributed by atoms with Gasteiger partial charge in [0.2, 0.25) is 0 Å². The lowest BCUT2D eigenvalue weighted by Crippen LogP contribution is -2.53. The molecule has 1 aliphatic rings.